The number of halogens is 1. The Morgan fingerprint density at radius 1 is 1.19 bits per heavy atom. The van der Waals surface area contributed by atoms with Crippen LogP contribution in [-0.4, -0.2) is 23.6 Å². The first-order chi connectivity index (χ1) is 13.1. The number of amides is 3. The van der Waals surface area contributed by atoms with Crippen molar-refractivity contribution >= 4 is 23.5 Å². The third-order valence-electron chi connectivity index (χ3n) is 5.50. The van der Waals surface area contributed by atoms with Crippen molar-refractivity contribution in [3.63, 3.8) is 0 Å². The molecule has 138 valence electrons. The Hall–Kier alpha value is -2.57. The van der Waals surface area contributed by atoms with Crippen molar-refractivity contribution in [2.75, 3.05) is 6.79 Å². The van der Waals surface area contributed by atoms with E-state index in [-0.39, 0.29) is 19.2 Å². The van der Waals surface area contributed by atoms with E-state index in [4.69, 9.17) is 21.1 Å². The van der Waals surface area contributed by atoms with E-state index in [9.17, 15) is 9.59 Å². The Balaban J connectivity index is 1.51. The molecule has 6 nitrogen and oxygen atoms in total. The molecule has 0 radical (unpaired) electrons. The number of carbonyl (C=O) groups excluding carboxylic acids is 2. The van der Waals surface area contributed by atoms with Crippen LogP contribution in [0.5, 0.6) is 5.75 Å². The molecule has 1 aliphatic carbocycles. The second kappa shape index (κ2) is 5.97. The van der Waals surface area contributed by atoms with Crippen LogP contribution in [0.1, 0.15) is 28.7 Å². The topological polar surface area (TPSA) is 67.9 Å². The molecule has 0 saturated carbocycles. The first-order valence-electron chi connectivity index (χ1n) is 8.83. The Morgan fingerprint density at radius 2 is 2.04 bits per heavy atom. The first kappa shape index (κ1) is 16.6. The highest BCUT2D eigenvalue weighted by Gasteiger charge is 2.55. The van der Waals surface area contributed by atoms with Crippen LogP contribution in [0.15, 0.2) is 36.4 Å². The summed E-state index contributed by atoms with van der Waals surface area (Å²) in [5, 5.41) is 3.46. The van der Waals surface area contributed by atoms with Crippen LogP contribution in [0.2, 0.25) is 5.02 Å². The number of rotatable bonds is 2. The highest BCUT2D eigenvalue weighted by molar-refractivity contribution is 6.30. The second-order valence-corrected chi connectivity index (χ2v) is 7.48. The molecule has 3 amide bonds. The molecule has 0 aromatic heterocycles. The molecular formula is C20H17ClN2O4. The molecule has 1 atom stereocenters. The van der Waals surface area contributed by atoms with Crippen LogP contribution >= 0.6 is 11.6 Å². The third kappa shape index (κ3) is 2.44. The average molecular weight is 385 g/mol. The number of nitrogens with one attached hydrogen (secondary N) is 1. The van der Waals surface area contributed by atoms with Gasteiger partial charge in [0.05, 0.1) is 13.2 Å². The molecule has 5 rings (SSSR count). The van der Waals surface area contributed by atoms with Crippen LogP contribution in [0.25, 0.3) is 0 Å². The number of aryl methyl sites for hydroxylation is 1. The monoisotopic (exact) mass is 384 g/mol. The Morgan fingerprint density at radius 3 is 2.93 bits per heavy atom. The van der Waals surface area contributed by atoms with Crippen LogP contribution in [0.4, 0.5) is 4.79 Å². The van der Waals surface area contributed by atoms with Crippen molar-refractivity contribution in [3.8, 4) is 5.75 Å². The van der Waals surface area contributed by atoms with Crippen molar-refractivity contribution in [2.45, 2.75) is 31.5 Å². The highest BCUT2D eigenvalue weighted by Crippen LogP contribution is 2.42. The van der Waals surface area contributed by atoms with Crippen molar-refractivity contribution in [3.05, 3.63) is 63.7 Å². The molecule has 1 fully saturated rings. The van der Waals surface area contributed by atoms with E-state index in [0.717, 1.165) is 23.1 Å². The summed E-state index contributed by atoms with van der Waals surface area (Å²) in [7, 11) is 0. The van der Waals surface area contributed by atoms with E-state index >= 15 is 0 Å². The van der Waals surface area contributed by atoms with Gasteiger partial charge in [0.15, 0.2) is 6.79 Å². The fraction of sp³-hybridized carbons (Fsp3) is 0.300. The molecule has 1 saturated heterocycles. The minimum atomic E-state index is -0.962. The molecule has 7 heteroatoms. The summed E-state index contributed by atoms with van der Waals surface area (Å²) < 4.78 is 10.9. The van der Waals surface area contributed by atoms with E-state index in [2.05, 4.69) is 5.32 Å². The van der Waals surface area contributed by atoms with Crippen molar-refractivity contribution in [2.24, 2.45) is 0 Å². The maximum absolute atomic E-state index is 13.3. The molecule has 0 unspecified atom stereocenters. The maximum Gasteiger partial charge on any atom is 0.325 e. The van der Waals surface area contributed by atoms with Gasteiger partial charge in [0.25, 0.3) is 5.91 Å². The summed E-state index contributed by atoms with van der Waals surface area (Å²) in [4.78, 5) is 27.3. The van der Waals surface area contributed by atoms with Crippen molar-refractivity contribution in [1.82, 2.24) is 10.2 Å². The van der Waals surface area contributed by atoms with Gasteiger partial charge in [-0.15, -0.1) is 0 Å². The van der Waals surface area contributed by atoms with Gasteiger partial charge in [0.2, 0.25) is 0 Å². The van der Waals surface area contributed by atoms with Gasteiger partial charge in [-0.3, -0.25) is 9.69 Å². The summed E-state index contributed by atoms with van der Waals surface area (Å²) in [5.74, 6) is 0.414. The number of imide groups is 1. The summed E-state index contributed by atoms with van der Waals surface area (Å²) in [6.07, 6.45) is 1.34. The van der Waals surface area contributed by atoms with Gasteiger partial charge in [-0.05, 0) is 36.1 Å². The minimum Gasteiger partial charge on any atom is -0.467 e. The first-order valence-corrected chi connectivity index (χ1v) is 9.21. The minimum absolute atomic E-state index is 0.109. The van der Waals surface area contributed by atoms with Crippen molar-refractivity contribution in [1.29, 1.82) is 0 Å². The van der Waals surface area contributed by atoms with E-state index < -0.39 is 11.6 Å². The van der Waals surface area contributed by atoms with Gasteiger partial charge < -0.3 is 14.8 Å². The van der Waals surface area contributed by atoms with Gasteiger partial charge in [-0.25, -0.2) is 4.79 Å². The molecule has 2 aromatic rings. The number of hydrogen-bond acceptors (Lipinski definition) is 4. The van der Waals surface area contributed by atoms with Gasteiger partial charge in [0, 0.05) is 16.1 Å². The van der Waals surface area contributed by atoms with Crippen molar-refractivity contribution < 1.29 is 19.1 Å². The lowest BCUT2D eigenvalue weighted by Crippen LogP contribution is -2.41. The highest BCUT2D eigenvalue weighted by atomic mass is 35.5. The number of carbonyl (C=O) groups is 2. The molecule has 2 heterocycles. The molecule has 2 aliphatic heterocycles. The normalized spacial score (nSPS) is 23.2. The number of ether oxygens (including phenoxy) is 2. The van der Waals surface area contributed by atoms with Crippen LogP contribution < -0.4 is 10.1 Å². The molecular weight excluding hydrogens is 368 g/mol. The molecule has 0 bridgehead atoms. The average Bonchev–Trinajstić information content (AvgIpc) is 3.15. The zero-order valence-corrected chi connectivity index (χ0v) is 15.2. The predicted octanol–water partition coefficient (Wildman–Crippen LogP) is 3.10. The van der Waals surface area contributed by atoms with Gasteiger partial charge in [0.1, 0.15) is 11.3 Å². The van der Waals surface area contributed by atoms with E-state index in [1.165, 1.54) is 4.90 Å². The number of nitrogens with zero attached hydrogens (tertiary/aromatic N) is 1. The standard InChI is InChI=1S/C20H17ClN2O4/c21-15-7-13(17-14(8-15)10-26-11-27-17)9-23-18(24)20(22-19(23)25)6-5-12-3-1-2-4-16(12)20/h1-4,7-8H,5-6,9-11H2,(H,22,25)/t20-/m0/s1. The molecule has 2 aromatic carbocycles. The van der Waals surface area contributed by atoms with E-state index in [0.29, 0.717) is 29.4 Å². The lowest BCUT2D eigenvalue weighted by Gasteiger charge is -2.24. The molecule has 1 N–H and O–H groups in total. The maximum atomic E-state index is 13.3. The van der Waals surface area contributed by atoms with Gasteiger partial charge in [-0.2, -0.15) is 0 Å². The Kier molecular flexibility index (Phi) is 3.67. The fourth-order valence-electron chi connectivity index (χ4n) is 4.28. The second-order valence-electron chi connectivity index (χ2n) is 7.05. The zero-order chi connectivity index (χ0) is 18.6. The summed E-state index contributed by atoms with van der Waals surface area (Å²) in [5.41, 5.74) is 2.55. The van der Waals surface area contributed by atoms with Gasteiger partial charge in [-0.1, -0.05) is 35.9 Å². The fourth-order valence-corrected chi connectivity index (χ4v) is 4.54. The summed E-state index contributed by atoms with van der Waals surface area (Å²) >= 11 is 6.21. The lowest BCUT2D eigenvalue weighted by molar-refractivity contribution is -0.132. The number of urea groups is 1. The quantitative estimate of drug-likeness (QED) is 0.808. The Labute approximate surface area is 161 Å². The predicted molar refractivity (Wildman–Crippen MR) is 97.3 cm³/mol. The SMILES string of the molecule is O=C1N[C@]2(CCc3ccccc32)C(=O)N1Cc1cc(Cl)cc2c1OCOC2. The smallest absolute Gasteiger partial charge is 0.325 e. The summed E-state index contributed by atoms with van der Waals surface area (Å²) in [6.45, 7) is 0.636. The number of fused-ring (bicyclic) bond motifs is 3. The van der Waals surface area contributed by atoms with Crippen LogP contribution in [0.3, 0.4) is 0 Å². The molecule has 3 aliphatic rings. The largest absolute Gasteiger partial charge is 0.467 e. The van der Waals surface area contributed by atoms with E-state index in [1.54, 1.807) is 12.1 Å². The van der Waals surface area contributed by atoms with Gasteiger partial charge >= 0.3 is 6.03 Å². The number of hydrogen-bond donors (Lipinski definition) is 1. The zero-order valence-electron chi connectivity index (χ0n) is 14.5. The lowest BCUT2D eigenvalue weighted by atomic mass is 9.92. The van der Waals surface area contributed by atoms with Crippen LogP contribution in [-0.2, 0) is 34.6 Å². The Bertz CT molecular complexity index is 976. The van der Waals surface area contributed by atoms with Crippen LogP contribution in [0, 0.1) is 0 Å². The van der Waals surface area contributed by atoms with E-state index in [1.807, 2.05) is 24.3 Å². The third-order valence-corrected chi connectivity index (χ3v) is 5.72. The number of benzene rings is 2. The molecule has 1 spiro atoms. The molecule has 27 heavy (non-hydrogen) atoms. The summed E-state index contributed by atoms with van der Waals surface area (Å²) in [6, 6.07) is 10.9.